The zero-order valence-electron chi connectivity index (χ0n) is 19.5. The van der Waals surface area contributed by atoms with Crippen LogP contribution in [0, 0.1) is 5.92 Å². The molecule has 1 saturated carbocycles. The Morgan fingerprint density at radius 1 is 1.12 bits per heavy atom. The van der Waals surface area contributed by atoms with Gasteiger partial charge in [0.25, 0.3) is 0 Å². The highest BCUT2D eigenvalue weighted by molar-refractivity contribution is 7.09. The number of thiazole rings is 1. The molecule has 2 aromatic heterocycles. The monoisotopic (exact) mass is 460 g/mol. The number of hydrogen-bond acceptors (Lipinski definition) is 5. The molecule has 2 heterocycles. The summed E-state index contributed by atoms with van der Waals surface area (Å²) in [6, 6.07) is 14.8. The lowest BCUT2D eigenvalue weighted by molar-refractivity contribution is -0.000695. The van der Waals surface area contributed by atoms with Gasteiger partial charge < -0.3 is 9.15 Å². The van der Waals surface area contributed by atoms with Crippen molar-refractivity contribution in [1.82, 2.24) is 9.97 Å². The maximum atomic E-state index is 6.41. The number of oxazole rings is 1. The normalized spacial score (nSPS) is 18.9. The van der Waals surface area contributed by atoms with Crippen LogP contribution in [0.1, 0.15) is 68.2 Å². The van der Waals surface area contributed by atoms with Crippen LogP contribution in [0.25, 0.3) is 22.2 Å². The topological polar surface area (TPSA) is 48.2 Å². The van der Waals surface area contributed by atoms with Crippen molar-refractivity contribution in [3.63, 3.8) is 0 Å². The van der Waals surface area contributed by atoms with Crippen molar-refractivity contribution in [1.29, 1.82) is 0 Å². The Labute approximate surface area is 200 Å². The number of rotatable bonds is 8. The smallest absolute Gasteiger partial charge is 0.226 e. The van der Waals surface area contributed by atoms with Gasteiger partial charge in [0.15, 0.2) is 0 Å². The zero-order valence-corrected chi connectivity index (χ0v) is 20.3. The van der Waals surface area contributed by atoms with Gasteiger partial charge in [-0.1, -0.05) is 57.0 Å². The lowest BCUT2D eigenvalue weighted by atomic mass is 9.84. The van der Waals surface area contributed by atoms with Crippen molar-refractivity contribution in [3.8, 4) is 11.5 Å². The van der Waals surface area contributed by atoms with Crippen LogP contribution >= 0.6 is 11.3 Å². The molecule has 1 aliphatic carbocycles. The van der Waals surface area contributed by atoms with E-state index in [2.05, 4.69) is 61.3 Å². The molecule has 1 aliphatic rings. The number of ether oxygens (including phenoxy) is 1. The molecule has 2 aromatic carbocycles. The van der Waals surface area contributed by atoms with Crippen molar-refractivity contribution in [3.05, 3.63) is 70.5 Å². The first-order chi connectivity index (χ1) is 16.2. The summed E-state index contributed by atoms with van der Waals surface area (Å²) in [5.41, 5.74) is 3.89. The van der Waals surface area contributed by atoms with Crippen molar-refractivity contribution in [2.75, 3.05) is 0 Å². The standard InChI is InChI=1S/C28H32N2O2S/c1-19(2)27-26(30-28(32-27)23-12-11-21-7-3-4-8-22(21)15-23)17-31-24-9-5-6-20(14-24)10-13-25-16-29-18-33-25/h3-4,7-8,11-12,15-16,18-20,24H,5-6,9-10,13-14,17H2,1-2H3/t20-,24-/m0/s1. The van der Waals surface area contributed by atoms with E-state index < -0.39 is 0 Å². The van der Waals surface area contributed by atoms with Gasteiger partial charge in [-0.2, -0.15) is 0 Å². The number of benzene rings is 2. The molecule has 0 aliphatic heterocycles. The summed E-state index contributed by atoms with van der Waals surface area (Å²) >= 11 is 1.76. The number of nitrogens with zero attached hydrogens (tertiary/aromatic N) is 2. The largest absolute Gasteiger partial charge is 0.441 e. The van der Waals surface area contributed by atoms with E-state index in [0.717, 1.165) is 42.2 Å². The molecule has 0 N–H and O–H groups in total. The summed E-state index contributed by atoms with van der Waals surface area (Å²) in [7, 11) is 0. The lowest BCUT2D eigenvalue weighted by Gasteiger charge is -2.29. The third-order valence-electron chi connectivity index (χ3n) is 6.72. The summed E-state index contributed by atoms with van der Waals surface area (Å²) in [6.45, 7) is 4.84. The van der Waals surface area contributed by atoms with Gasteiger partial charge in [-0.15, -0.1) is 11.3 Å². The second kappa shape index (κ2) is 10.2. The van der Waals surface area contributed by atoms with Gasteiger partial charge in [0.1, 0.15) is 11.5 Å². The summed E-state index contributed by atoms with van der Waals surface area (Å²) < 4.78 is 12.7. The van der Waals surface area contributed by atoms with Gasteiger partial charge in [0.2, 0.25) is 5.89 Å². The van der Waals surface area contributed by atoms with Crippen LogP contribution in [0.4, 0.5) is 0 Å². The molecule has 33 heavy (non-hydrogen) atoms. The summed E-state index contributed by atoms with van der Waals surface area (Å²) in [5.74, 6) is 2.63. The fourth-order valence-corrected chi connectivity index (χ4v) is 5.54. The van der Waals surface area contributed by atoms with Crippen LogP contribution < -0.4 is 0 Å². The Morgan fingerprint density at radius 3 is 2.82 bits per heavy atom. The van der Waals surface area contributed by atoms with Crippen molar-refractivity contribution in [2.45, 2.75) is 71.0 Å². The van der Waals surface area contributed by atoms with Crippen LogP contribution in [0.2, 0.25) is 0 Å². The Hall–Kier alpha value is -2.50. The SMILES string of the molecule is CC(C)c1oc(-c2ccc3ccccc3c2)nc1CO[C@H]1CCC[C@@H](CCc2cncs2)C1. The molecule has 0 saturated heterocycles. The van der Waals surface area contributed by atoms with Crippen LogP contribution in [0.3, 0.4) is 0 Å². The average molecular weight is 461 g/mol. The molecule has 5 heteroatoms. The van der Waals surface area contributed by atoms with Gasteiger partial charge in [-0.05, 0) is 54.5 Å². The number of fused-ring (bicyclic) bond motifs is 1. The molecule has 4 aromatic rings. The van der Waals surface area contributed by atoms with E-state index in [9.17, 15) is 0 Å². The lowest BCUT2D eigenvalue weighted by Crippen LogP contribution is -2.23. The van der Waals surface area contributed by atoms with E-state index in [0.29, 0.717) is 18.6 Å². The molecular formula is C28H32N2O2S. The van der Waals surface area contributed by atoms with Crippen molar-refractivity contribution in [2.24, 2.45) is 5.92 Å². The second-order valence-electron chi connectivity index (χ2n) is 9.52. The fourth-order valence-electron chi connectivity index (χ4n) is 4.93. The molecular weight excluding hydrogens is 428 g/mol. The number of hydrogen-bond donors (Lipinski definition) is 0. The molecule has 4 nitrogen and oxygen atoms in total. The molecule has 2 atom stereocenters. The van der Waals surface area contributed by atoms with Crippen LogP contribution in [0.15, 0.2) is 58.6 Å². The highest BCUT2D eigenvalue weighted by Crippen LogP contribution is 2.33. The Kier molecular flexibility index (Phi) is 6.88. The second-order valence-corrected chi connectivity index (χ2v) is 10.5. The molecule has 0 radical (unpaired) electrons. The summed E-state index contributed by atoms with van der Waals surface area (Å²) in [4.78, 5) is 10.5. The van der Waals surface area contributed by atoms with E-state index in [1.54, 1.807) is 11.3 Å². The maximum Gasteiger partial charge on any atom is 0.226 e. The van der Waals surface area contributed by atoms with Crippen molar-refractivity contribution < 1.29 is 9.15 Å². The van der Waals surface area contributed by atoms with Gasteiger partial charge in [-0.3, -0.25) is 4.98 Å². The highest BCUT2D eigenvalue weighted by atomic mass is 32.1. The highest BCUT2D eigenvalue weighted by Gasteiger charge is 2.24. The van der Waals surface area contributed by atoms with Crippen LogP contribution in [-0.4, -0.2) is 16.1 Å². The maximum absolute atomic E-state index is 6.41. The number of aromatic nitrogens is 2. The van der Waals surface area contributed by atoms with E-state index in [-0.39, 0.29) is 5.92 Å². The zero-order chi connectivity index (χ0) is 22.6. The predicted octanol–water partition coefficient (Wildman–Crippen LogP) is 7.78. The molecule has 1 fully saturated rings. The van der Waals surface area contributed by atoms with Gasteiger partial charge in [0, 0.05) is 22.6 Å². The summed E-state index contributed by atoms with van der Waals surface area (Å²) in [5, 5.41) is 2.42. The molecule has 0 unspecified atom stereocenters. The first-order valence-electron chi connectivity index (χ1n) is 12.1. The summed E-state index contributed by atoms with van der Waals surface area (Å²) in [6.07, 6.45) is 9.53. The quantitative estimate of drug-likeness (QED) is 0.269. The first kappa shape index (κ1) is 22.3. The first-order valence-corrected chi connectivity index (χ1v) is 13.0. The van der Waals surface area contributed by atoms with Crippen molar-refractivity contribution >= 4 is 22.1 Å². The van der Waals surface area contributed by atoms with Gasteiger partial charge in [0.05, 0.1) is 18.2 Å². The van der Waals surface area contributed by atoms with Crippen LogP contribution in [0.5, 0.6) is 0 Å². The molecule has 5 rings (SSSR count). The Morgan fingerprint density at radius 2 is 2.00 bits per heavy atom. The average Bonchev–Trinajstić information content (AvgIpc) is 3.52. The van der Waals surface area contributed by atoms with Gasteiger partial charge >= 0.3 is 0 Å². The molecule has 0 spiro atoms. The van der Waals surface area contributed by atoms with Crippen LogP contribution in [-0.2, 0) is 17.8 Å². The fraction of sp³-hybridized carbons (Fsp3) is 0.429. The Balaban J connectivity index is 1.25. The third kappa shape index (κ3) is 5.36. The predicted molar refractivity (Wildman–Crippen MR) is 135 cm³/mol. The van der Waals surface area contributed by atoms with E-state index in [1.807, 2.05) is 11.7 Å². The Bertz CT molecular complexity index is 1180. The van der Waals surface area contributed by atoms with E-state index >= 15 is 0 Å². The van der Waals surface area contributed by atoms with E-state index in [1.165, 1.54) is 34.9 Å². The molecule has 0 amide bonds. The minimum atomic E-state index is 0.267. The minimum Gasteiger partial charge on any atom is -0.441 e. The van der Waals surface area contributed by atoms with Gasteiger partial charge in [-0.25, -0.2) is 4.98 Å². The number of aryl methyl sites for hydroxylation is 1. The third-order valence-corrected chi connectivity index (χ3v) is 7.56. The molecule has 0 bridgehead atoms. The minimum absolute atomic E-state index is 0.267. The van der Waals surface area contributed by atoms with E-state index in [4.69, 9.17) is 14.1 Å². The molecule has 172 valence electrons.